The Morgan fingerprint density at radius 2 is 1.55 bits per heavy atom. The Hall–Kier alpha value is -3.14. The van der Waals surface area contributed by atoms with Crippen LogP contribution < -0.4 is 15.2 Å². The van der Waals surface area contributed by atoms with Crippen molar-refractivity contribution in [2.75, 3.05) is 7.11 Å². The largest absolute Gasteiger partial charge is 0.496 e. The van der Waals surface area contributed by atoms with Crippen LogP contribution in [-0.4, -0.2) is 26.6 Å². The van der Waals surface area contributed by atoms with Crippen molar-refractivity contribution in [3.63, 3.8) is 0 Å². The van der Waals surface area contributed by atoms with Crippen molar-refractivity contribution in [2.24, 2.45) is 5.14 Å². The lowest BCUT2D eigenvalue weighted by atomic mass is 10.2. The molecule has 0 radical (unpaired) electrons. The molecular weight excluding hydrogens is 436 g/mol. The van der Waals surface area contributed by atoms with Crippen LogP contribution in [-0.2, 0) is 16.6 Å². The number of rotatable bonds is 7. The molecule has 31 heavy (non-hydrogen) atoms. The fourth-order valence-corrected chi connectivity index (χ4v) is 4.20. The third kappa shape index (κ3) is 5.72. The normalized spacial score (nSPS) is 11.0. The molecule has 0 fully saturated rings. The van der Waals surface area contributed by atoms with Gasteiger partial charge in [0, 0.05) is 11.4 Å². The van der Waals surface area contributed by atoms with Crippen LogP contribution in [0.4, 0.5) is 0 Å². The van der Waals surface area contributed by atoms with Gasteiger partial charge in [-0.3, -0.25) is 9.59 Å². The predicted octanol–water partition coefficient (Wildman–Crippen LogP) is 3.21. The minimum Gasteiger partial charge on any atom is -0.496 e. The highest BCUT2D eigenvalue weighted by Crippen LogP contribution is 2.30. The molecule has 0 atom stereocenters. The fraction of sp³-hybridized carbons (Fsp3) is 0.0909. The molecule has 1 amide bonds. The minimum absolute atomic E-state index is 0.000764. The lowest BCUT2D eigenvalue weighted by Gasteiger charge is -2.11. The Kier molecular flexibility index (Phi) is 7.11. The molecule has 7 nitrogen and oxygen atoms in total. The molecule has 3 N–H and O–H groups in total. The van der Waals surface area contributed by atoms with Crippen molar-refractivity contribution in [3.05, 3.63) is 89.5 Å². The molecule has 0 unspecified atom stereocenters. The lowest BCUT2D eigenvalue weighted by Crippen LogP contribution is -2.23. The molecule has 0 bridgehead atoms. The van der Waals surface area contributed by atoms with Crippen molar-refractivity contribution < 1.29 is 22.7 Å². The number of hydrogen-bond acceptors (Lipinski definition) is 6. The highest BCUT2D eigenvalue weighted by molar-refractivity contribution is 8.14. The maximum absolute atomic E-state index is 12.8. The van der Waals surface area contributed by atoms with Crippen molar-refractivity contribution >= 4 is 32.8 Å². The van der Waals surface area contributed by atoms with Gasteiger partial charge in [-0.15, -0.1) is 0 Å². The van der Waals surface area contributed by atoms with E-state index >= 15 is 0 Å². The van der Waals surface area contributed by atoms with Crippen LogP contribution in [0.3, 0.4) is 0 Å². The second kappa shape index (κ2) is 9.78. The van der Waals surface area contributed by atoms with Gasteiger partial charge in [0.05, 0.1) is 23.1 Å². The van der Waals surface area contributed by atoms with Gasteiger partial charge in [-0.2, -0.15) is 0 Å². The van der Waals surface area contributed by atoms with Gasteiger partial charge < -0.3 is 10.1 Å². The first-order valence-corrected chi connectivity index (χ1v) is 11.5. The van der Waals surface area contributed by atoms with Gasteiger partial charge in [0.25, 0.3) is 5.91 Å². The van der Waals surface area contributed by atoms with E-state index in [9.17, 15) is 18.0 Å². The van der Waals surface area contributed by atoms with Gasteiger partial charge in [-0.25, -0.2) is 13.6 Å². The number of ether oxygens (including phenoxy) is 1. The monoisotopic (exact) mass is 456 g/mol. The number of carbonyl (C=O) groups excluding carboxylic acids is 2. The van der Waals surface area contributed by atoms with Gasteiger partial charge in [0.2, 0.25) is 15.1 Å². The van der Waals surface area contributed by atoms with Crippen molar-refractivity contribution in [1.82, 2.24) is 5.32 Å². The van der Waals surface area contributed by atoms with Gasteiger partial charge in [0.1, 0.15) is 5.75 Å². The summed E-state index contributed by atoms with van der Waals surface area (Å²) in [6, 6.07) is 19.6. The van der Waals surface area contributed by atoms with E-state index in [1.165, 1.54) is 19.2 Å². The summed E-state index contributed by atoms with van der Waals surface area (Å²) >= 11 is 0.947. The van der Waals surface area contributed by atoms with Crippen molar-refractivity contribution in [3.8, 4) is 5.75 Å². The molecule has 160 valence electrons. The van der Waals surface area contributed by atoms with Crippen molar-refractivity contribution in [2.45, 2.75) is 16.3 Å². The zero-order valence-corrected chi connectivity index (χ0v) is 18.2. The topological polar surface area (TPSA) is 116 Å². The molecule has 0 aliphatic heterocycles. The second-order valence-corrected chi connectivity index (χ2v) is 9.03. The quantitative estimate of drug-likeness (QED) is 0.528. The summed E-state index contributed by atoms with van der Waals surface area (Å²) in [6.45, 7) is 0.184. The first-order chi connectivity index (χ1) is 14.8. The van der Waals surface area contributed by atoms with Gasteiger partial charge in [-0.1, -0.05) is 36.4 Å². The van der Waals surface area contributed by atoms with Crippen LogP contribution in [0.15, 0.2) is 82.6 Å². The molecule has 0 saturated heterocycles. The Morgan fingerprint density at radius 3 is 2.19 bits per heavy atom. The lowest BCUT2D eigenvalue weighted by molar-refractivity contribution is 0.0948. The molecule has 0 aliphatic rings. The molecule has 0 spiro atoms. The average molecular weight is 457 g/mol. The van der Waals surface area contributed by atoms with E-state index in [1.54, 1.807) is 60.7 Å². The van der Waals surface area contributed by atoms with Crippen LogP contribution in [0.25, 0.3) is 0 Å². The van der Waals surface area contributed by atoms with Gasteiger partial charge >= 0.3 is 0 Å². The SMILES string of the molecule is COc1ccccc1C(=O)Sc1ccccc1C(=O)NCc1ccc(S(N)(=O)=O)cc1. The number of nitrogens with two attached hydrogens (primary N) is 1. The number of thioether (sulfide) groups is 1. The molecule has 0 heterocycles. The van der Waals surface area contributed by atoms with E-state index in [4.69, 9.17) is 9.88 Å². The Labute approximate surface area is 184 Å². The first kappa shape index (κ1) is 22.5. The summed E-state index contributed by atoms with van der Waals surface area (Å²) < 4.78 is 27.9. The molecule has 3 aromatic carbocycles. The van der Waals surface area contributed by atoms with Crippen molar-refractivity contribution in [1.29, 1.82) is 0 Å². The number of nitrogens with one attached hydrogen (secondary N) is 1. The number of amides is 1. The molecule has 9 heteroatoms. The summed E-state index contributed by atoms with van der Waals surface area (Å²) in [5, 5.41) is 7.63. The van der Waals surface area contributed by atoms with Crippen LogP contribution in [0.5, 0.6) is 5.75 Å². The van der Waals surface area contributed by atoms with Crippen LogP contribution in [0, 0.1) is 0 Å². The van der Waals surface area contributed by atoms with Gasteiger partial charge in [-0.05, 0) is 53.7 Å². The maximum Gasteiger partial charge on any atom is 0.252 e. The zero-order chi connectivity index (χ0) is 22.4. The number of carbonyl (C=O) groups is 2. The maximum atomic E-state index is 12.8. The Morgan fingerprint density at radius 1 is 0.935 bits per heavy atom. The van der Waals surface area contributed by atoms with E-state index in [1.807, 2.05) is 0 Å². The minimum atomic E-state index is -3.77. The smallest absolute Gasteiger partial charge is 0.252 e. The van der Waals surface area contributed by atoms with E-state index in [0.717, 1.165) is 11.8 Å². The number of hydrogen-bond donors (Lipinski definition) is 2. The van der Waals surface area contributed by atoms with Crippen LogP contribution in [0.2, 0.25) is 0 Å². The average Bonchev–Trinajstić information content (AvgIpc) is 2.77. The summed E-state index contributed by atoms with van der Waals surface area (Å²) in [5.74, 6) is 0.108. The van der Waals surface area contributed by atoms with E-state index in [-0.39, 0.29) is 22.5 Å². The van der Waals surface area contributed by atoms with E-state index in [2.05, 4.69) is 5.32 Å². The highest BCUT2D eigenvalue weighted by Gasteiger charge is 2.18. The van der Waals surface area contributed by atoms with E-state index < -0.39 is 10.0 Å². The summed E-state index contributed by atoms with van der Waals surface area (Å²) in [6.07, 6.45) is 0. The van der Waals surface area contributed by atoms with Gasteiger partial charge in [0.15, 0.2) is 0 Å². The Balaban J connectivity index is 1.72. The third-order valence-corrected chi connectivity index (χ3v) is 6.28. The molecule has 0 aromatic heterocycles. The second-order valence-electron chi connectivity index (χ2n) is 6.46. The molecule has 0 saturated carbocycles. The molecule has 0 aliphatic carbocycles. The third-order valence-electron chi connectivity index (χ3n) is 4.37. The molecular formula is C22H20N2O5S2. The number of methoxy groups -OCH3 is 1. The standard InChI is InChI=1S/C22H20N2O5S2/c1-29-19-8-4-2-6-17(19)22(26)30-20-9-5-3-7-18(20)21(25)24-14-15-10-12-16(13-11-15)31(23,27)28/h2-13H,14H2,1H3,(H,24,25)(H2,23,27,28). The fourth-order valence-electron chi connectivity index (χ4n) is 2.79. The molecule has 3 rings (SSSR count). The predicted molar refractivity (Wildman–Crippen MR) is 119 cm³/mol. The highest BCUT2D eigenvalue weighted by atomic mass is 32.2. The Bertz CT molecular complexity index is 1210. The number of benzene rings is 3. The zero-order valence-electron chi connectivity index (χ0n) is 16.6. The molecule has 3 aromatic rings. The van der Waals surface area contributed by atoms with Crippen LogP contribution in [0.1, 0.15) is 26.3 Å². The van der Waals surface area contributed by atoms with Crippen LogP contribution >= 0.6 is 11.8 Å². The number of sulfonamides is 1. The number of primary sulfonamides is 1. The first-order valence-electron chi connectivity index (χ1n) is 9.14. The number of para-hydroxylation sites is 1. The summed E-state index contributed by atoms with van der Waals surface area (Å²) in [7, 11) is -2.28. The summed E-state index contributed by atoms with van der Waals surface area (Å²) in [5.41, 5.74) is 1.48. The van der Waals surface area contributed by atoms with E-state index in [0.29, 0.717) is 27.3 Å². The summed E-state index contributed by atoms with van der Waals surface area (Å²) in [4.78, 5) is 26.0.